The van der Waals surface area contributed by atoms with E-state index in [4.69, 9.17) is 4.74 Å². The number of methoxy groups -OCH3 is 1. The minimum absolute atomic E-state index is 0.0884. The first kappa shape index (κ1) is 13.7. The summed E-state index contributed by atoms with van der Waals surface area (Å²) in [4.78, 5) is 10.7. The van der Waals surface area contributed by atoms with Crippen molar-refractivity contribution in [2.75, 3.05) is 20.8 Å². The quantitative estimate of drug-likeness (QED) is 0.654. The minimum Gasteiger partial charge on any atom is -0.380 e. The SMILES string of the molecule is CC.CNC(=O)/C=C(\C)COC. The Kier molecular flexibility index (Phi) is 11.6. The zero-order chi connectivity index (χ0) is 9.98. The van der Waals surface area contributed by atoms with Crippen LogP contribution in [0, 0.1) is 0 Å². The number of hydrogen-bond acceptors (Lipinski definition) is 2. The molecule has 0 rings (SSSR count). The van der Waals surface area contributed by atoms with Gasteiger partial charge in [0, 0.05) is 20.2 Å². The second-order valence-corrected chi connectivity index (χ2v) is 2.04. The fourth-order valence-corrected chi connectivity index (χ4v) is 0.565. The maximum absolute atomic E-state index is 10.7. The van der Waals surface area contributed by atoms with E-state index in [0.29, 0.717) is 6.61 Å². The maximum atomic E-state index is 10.7. The van der Waals surface area contributed by atoms with Gasteiger partial charge in [0.2, 0.25) is 5.91 Å². The summed E-state index contributed by atoms with van der Waals surface area (Å²) in [6.45, 7) is 6.35. The normalized spacial score (nSPS) is 9.92. The van der Waals surface area contributed by atoms with E-state index >= 15 is 0 Å². The van der Waals surface area contributed by atoms with Gasteiger partial charge in [-0.25, -0.2) is 0 Å². The van der Waals surface area contributed by atoms with Gasteiger partial charge in [-0.05, 0) is 12.5 Å². The van der Waals surface area contributed by atoms with Crippen LogP contribution in [-0.2, 0) is 9.53 Å². The van der Waals surface area contributed by atoms with Crippen molar-refractivity contribution >= 4 is 5.91 Å². The summed E-state index contributed by atoms with van der Waals surface area (Å²) < 4.78 is 4.80. The molecule has 0 unspecified atom stereocenters. The topological polar surface area (TPSA) is 38.3 Å². The zero-order valence-electron chi connectivity index (χ0n) is 8.60. The first-order valence-corrected chi connectivity index (χ1v) is 4.08. The van der Waals surface area contributed by atoms with Crippen molar-refractivity contribution in [2.24, 2.45) is 0 Å². The van der Waals surface area contributed by atoms with Gasteiger partial charge < -0.3 is 10.1 Å². The summed E-state index contributed by atoms with van der Waals surface area (Å²) >= 11 is 0. The van der Waals surface area contributed by atoms with Crippen molar-refractivity contribution < 1.29 is 9.53 Å². The van der Waals surface area contributed by atoms with Crippen LogP contribution in [0.2, 0.25) is 0 Å². The van der Waals surface area contributed by atoms with Crippen molar-refractivity contribution in [1.29, 1.82) is 0 Å². The number of rotatable bonds is 3. The predicted molar refractivity (Wildman–Crippen MR) is 51.0 cm³/mol. The van der Waals surface area contributed by atoms with Crippen LogP contribution in [0.3, 0.4) is 0 Å². The van der Waals surface area contributed by atoms with E-state index in [1.165, 1.54) is 6.08 Å². The summed E-state index contributed by atoms with van der Waals surface area (Å²) in [6.07, 6.45) is 1.52. The number of nitrogens with one attached hydrogen (secondary N) is 1. The van der Waals surface area contributed by atoms with Gasteiger partial charge in [0.05, 0.1) is 6.61 Å². The fraction of sp³-hybridized carbons (Fsp3) is 0.667. The third kappa shape index (κ3) is 9.17. The highest BCUT2D eigenvalue weighted by molar-refractivity contribution is 5.87. The van der Waals surface area contributed by atoms with Crippen molar-refractivity contribution in [3.05, 3.63) is 11.6 Å². The Bertz CT molecular complexity index is 141. The lowest BCUT2D eigenvalue weighted by Gasteiger charge is -1.97. The number of hydrogen-bond donors (Lipinski definition) is 1. The van der Waals surface area contributed by atoms with E-state index in [1.807, 2.05) is 20.8 Å². The molecule has 1 amide bonds. The molecular formula is C9H19NO2. The highest BCUT2D eigenvalue weighted by Gasteiger charge is 1.92. The molecule has 3 heteroatoms. The predicted octanol–water partition coefficient (Wildman–Crippen LogP) is 1.35. The Morgan fingerprint density at radius 1 is 1.50 bits per heavy atom. The maximum Gasteiger partial charge on any atom is 0.243 e. The number of carbonyl (C=O) groups excluding carboxylic acids is 1. The van der Waals surface area contributed by atoms with E-state index in [-0.39, 0.29) is 5.91 Å². The smallest absolute Gasteiger partial charge is 0.243 e. The summed E-state index contributed by atoms with van der Waals surface area (Å²) in [7, 11) is 3.19. The Balaban J connectivity index is 0. The Hall–Kier alpha value is -0.830. The zero-order valence-corrected chi connectivity index (χ0v) is 8.60. The molecule has 72 valence electrons. The molecule has 12 heavy (non-hydrogen) atoms. The monoisotopic (exact) mass is 173 g/mol. The van der Waals surface area contributed by atoms with Crippen LogP contribution in [-0.4, -0.2) is 26.7 Å². The highest BCUT2D eigenvalue weighted by Crippen LogP contribution is 1.90. The second-order valence-electron chi connectivity index (χ2n) is 2.04. The lowest BCUT2D eigenvalue weighted by Crippen LogP contribution is -2.15. The first-order valence-electron chi connectivity index (χ1n) is 4.08. The van der Waals surface area contributed by atoms with Crippen LogP contribution in [0.15, 0.2) is 11.6 Å². The average molecular weight is 173 g/mol. The molecule has 0 radical (unpaired) electrons. The third-order valence-corrected chi connectivity index (χ3v) is 0.996. The van der Waals surface area contributed by atoms with Gasteiger partial charge in [0.25, 0.3) is 0 Å². The van der Waals surface area contributed by atoms with Crippen molar-refractivity contribution in [1.82, 2.24) is 5.32 Å². The highest BCUT2D eigenvalue weighted by atomic mass is 16.5. The molecule has 3 nitrogen and oxygen atoms in total. The Morgan fingerprint density at radius 2 is 2.00 bits per heavy atom. The number of amides is 1. The lowest BCUT2D eigenvalue weighted by atomic mass is 10.3. The van der Waals surface area contributed by atoms with Crippen LogP contribution in [0.5, 0.6) is 0 Å². The minimum atomic E-state index is -0.0884. The molecule has 0 fully saturated rings. The Morgan fingerprint density at radius 3 is 2.33 bits per heavy atom. The number of carbonyl (C=O) groups is 1. The molecule has 0 saturated heterocycles. The summed E-state index contributed by atoms with van der Waals surface area (Å²) in [5.74, 6) is -0.0884. The van der Waals surface area contributed by atoms with Crippen LogP contribution < -0.4 is 5.32 Å². The van der Waals surface area contributed by atoms with E-state index < -0.39 is 0 Å². The average Bonchev–Trinajstić information content (AvgIpc) is 2.08. The van der Waals surface area contributed by atoms with E-state index in [9.17, 15) is 4.79 Å². The van der Waals surface area contributed by atoms with Crippen molar-refractivity contribution in [2.45, 2.75) is 20.8 Å². The Labute approximate surface area is 74.8 Å². The van der Waals surface area contributed by atoms with Gasteiger partial charge in [0.15, 0.2) is 0 Å². The van der Waals surface area contributed by atoms with Crippen LogP contribution in [0.4, 0.5) is 0 Å². The van der Waals surface area contributed by atoms with Gasteiger partial charge in [-0.3, -0.25) is 4.79 Å². The molecule has 0 aromatic heterocycles. The van der Waals surface area contributed by atoms with Crippen LogP contribution >= 0.6 is 0 Å². The van der Waals surface area contributed by atoms with Crippen molar-refractivity contribution in [3.8, 4) is 0 Å². The van der Waals surface area contributed by atoms with Gasteiger partial charge in [-0.1, -0.05) is 13.8 Å². The largest absolute Gasteiger partial charge is 0.380 e. The van der Waals surface area contributed by atoms with Gasteiger partial charge in [0.1, 0.15) is 0 Å². The molecule has 0 aliphatic heterocycles. The van der Waals surface area contributed by atoms with Gasteiger partial charge >= 0.3 is 0 Å². The molecule has 1 N–H and O–H groups in total. The summed E-state index contributed by atoms with van der Waals surface area (Å²) in [5, 5.41) is 2.48. The van der Waals surface area contributed by atoms with Gasteiger partial charge in [-0.15, -0.1) is 0 Å². The molecule has 0 aromatic carbocycles. The standard InChI is InChI=1S/C7H13NO2.C2H6/c1-6(5-10-3)4-7(9)8-2;1-2/h4H,5H2,1-3H3,(H,8,9);1-2H3/b6-4+;. The third-order valence-electron chi connectivity index (χ3n) is 0.996. The lowest BCUT2D eigenvalue weighted by molar-refractivity contribution is -0.116. The summed E-state index contributed by atoms with van der Waals surface area (Å²) in [5.41, 5.74) is 0.918. The molecule has 0 atom stereocenters. The second kappa shape index (κ2) is 10.2. The molecule has 0 aromatic rings. The molecular weight excluding hydrogens is 154 g/mol. The van der Waals surface area contributed by atoms with E-state index in [1.54, 1.807) is 14.2 Å². The molecule has 0 aliphatic rings. The fourth-order valence-electron chi connectivity index (χ4n) is 0.565. The molecule has 0 spiro atoms. The van der Waals surface area contributed by atoms with E-state index in [2.05, 4.69) is 5.32 Å². The van der Waals surface area contributed by atoms with Gasteiger partial charge in [-0.2, -0.15) is 0 Å². The molecule has 0 saturated carbocycles. The van der Waals surface area contributed by atoms with Crippen LogP contribution in [0.1, 0.15) is 20.8 Å². The first-order chi connectivity index (χ1) is 5.70. The van der Waals surface area contributed by atoms with Crippen molar-refractivity contribution in [3.63, 3.8) is 0 Å². The molecule has 0 aliphatic carbocycles. The number of ether oxygens (including phenoxy) is 1. The molecule has 0 heterocycles. The van der Waals surface area contributed by atoms with E-state index in [0.717, 1.165) is 5.57 Å². The van der Waals surface area contributed by atoms with Crippen LogP contribution in [0.25, 0.3) is 0 Å². The summed E-state index contributed by atoms with van der Waals surface area (Å²) in [6, 6.07) is 0. The number of likely N-dealkylation sites (N-methyl/N-ethyl adjacent to an activating group) is 1. The molecule has 0 bridgehead atoms.